The van der Waals surface area contributed by atoms with Crippen LogP contribution in [0.2, 0.25) is 0 Å². The zero-order valence-electron chi connectivity index (χ0n) is 12.5. The van der Waals surface area contributed by atoms with Crippen molar-refractivity contribution in [2.24, 2.45) is 5.92 Å². The van der Waals surface area contributed by atoms with Gasteiger partial charge < -0.3 is 14.2 Å². The van der Waals surface area contributed by atoms with E-state index in [2.05, 4.69) is 4.57 Å². The average Bonchev–Trinajstić information content (AvgIpc) is 3.24. The largest absolute Gasteiger partial charge is 0.466 e. The molecule has 0 aromatic carbocycles. The van der Waals surface area contributed by atoms with Crippen LogP contribution < -0.4 is 0 Å². The van der Waals surface area contributed by atoms with Crippen molar-refractivity contribution in [3.63, 3.8) is 0 Å². The summed E-state index contributed by atoms with van der Waals surface area (Å²) in [4.78, 5) is 26.4. The highest BCUT2D eigenvalue weighted by Gasteiger charge is 2.32. The second-order valence-corrected chi connectivity index (χ2v) is 5.87. The molecule has 1 aromatic rings. The maximum Gasteiger partial charge on any atom is 0.310 e. The highest BCUT2D eigenvalue weighted by atomic mass is 16.5. The molecule has 1 saturated carbocycles. The molecule has 0 radical (unpaired) electrons. The van der Waals surface area contributed by atoms with Gasteiger partial charge in [0.15, 0.2) is 0 Å². The Hall–Kier alpha value is -1.78. The third-order valence-electron chi connectivity index (χ3n) is 4.27. The predicted molar refractivity (Wildman–Crippen MR) is 78.0 cm³/mol. The number of aromatic nitrogens is 1. The van der Waals surface area contributed by atoms with Crippen LogP contribution in [-0.4, -0.2) is 41.0 Å². The summed E-state index contributed by atoms with van der Waals surface area (Å²) in [5.74, 6) is -0.305. The molecular weight excluding hydrogens is 268 g/mol. The first-order chi connectivity index (χ1) is 10.2. The Balaban J connectivity index is 1.69. The van der Waals surface area contributed by atoms with Crippen LogP contribution in [0, 0.1) is 5.92 Å². The minimum absolute atomic E-state index is 0.0425. The lowest BCUT2D eigenvalue weighted by Crippen LogP contribution is -2.43. The number of carbonyl (C=O) groups excluding carboxylic acids is 2. The van der Waals surface area contributed by atoms with Gasteiger partial charge >= 0.3 is 5.97 Å². The van der Waals surface area contributed by atoms with Gasteiger partial charge in [-0.05, 0) is 44.7 Å². The summed E-state index contributed by atoms with van der Waals surface area (Å²) in [5, 5.41) is 0. The van der Waals surface area contributed by atoms with E-state index in [1.54, 1.807) is 4.90 Å². The highest BCUT2D eigenvalue weighted by Crippen LogP contribution is 2.36. The van der Waals surface area contributed by atoms with Crippen molar-refractivity contribution in [3.05, 3.63) is 24.0 Å². The van der Waals surface area contributed by atoms with Crippen LogP contribution in [0.3, 0.4) is 0 Å². The van der Waals surface area contributed by atoms with Gasteiger partial charge in [0.05, 0.1) is 12.5 Å². The zero-order valence-corrected chi connectivity index (χ0v) is 12.5. The van der Waals surface area contributed by atoms with Gasteiger partial charge in [-0.15, -0.1) is 0 Å². The van der Waals surface area contributed by atoms with Crippen LogP contribution in [0.5, 0.6) is 0 Å². The smallest absolute Gasteiger partial charge is 0.310 e. The molecule has 114 valence electrons. The molecule has 1 aliphatic heterocycles. The van der Waals surface area contributed by atoms with E-state index >= 15 is 0 Å². The van der Waals surface area contributed by atoms with Gasteiger partial charge in [-0.3, -0.25) is 9.59 Å². The number of likely N-dealkylation sites (tertiary alicyclic amines) is 1. The lowest BCUT2D eigenvalue weighted by atomic mass is 9.98. The SMILES string of the molecule is CCOC(=O)C1CCCN(C(=O)c2cccn2C2CC2)C1. The molecule has 0 spiro atoms. The molecule has 2 heterocycles. The molecule has 21 heavy (non-hydrogen) atoms. The Morgan fingerprint density at radius 1 is 1.33 bits per heavy atom. The summed E-state index contributed by atoms with van der Waals surface area (Å²) in [5.41, 5.74) is 0.752. The van der Waals surface area contributed by atoms with Crippen molar-refractivity contribution in [1.29, 1.82) is 0 Å². The van der Waals surface area contributed by atoms with Gasteiger partial charge in [0, 0.05) is 25.3 Å². The first-order valence-electron chi connectivity index (χ1n) is 7.83. The van der Waals surface area contributed by atoms with Crippen LogP contribution in [-0.2, 0) is 9.53 Å². The molecule has 2 aliphatic rings. The van der Waals surface area contributed by atoms with Crippen molar-refractivity contribution in [1.82, 2.24) is 9.47 Å². The second kappa shape index (κ2) is 5.92. The second-order valence-electron chi connectivity index (χ2n) is 5.87. The fraction of sp³-hybridized carbons (Fsp3) is 0.625. The molecule has 1 amide bonds. The maximum absolute atomic E-state index is 12.7. The van der Waals surface area contributed by atoms with Gasteiger partial charge in [-0.2, -0.15) is 0 Å². The van der Waals surface area contributed by atoms with Crippen molar-refractivity contribution in [2.75, 3.05) is 19.7 Å². The Labute approximate surface area is 124 Å². The number of ether oxygens (including phenoxy) is 1. The van der Waals surface area contributed by atoms with Crippen molar-refractivity contribution >= 4 is 11.9 Å². The Morgan fingerprint density at radius 3 is 2.86 bits per heavy atom. The number of amides is 1. The first-order valence-corrected chi connectivity index (χ1v) is 7.83. The Kier molecular flexibility index (Phi) is 3.99. The lowest BCUT2D eigenvalue weighted by molar-refractivity contribution is -0.149. The van der Waals surface area contributed by atoms with E-state index in [4.69, 9.17) is 4.74 Å². The van der Waals surface area contributed by atoms with Crippen molar-refractivity contribution in [3.8, 4) is 0 Å². The molecule has 3 rings (SSSR count). The molecule has 0 bridgehead atoms. The normalized spacial score (nSPS) is 22.1. The standard InChI is InChI=1S/C16H22N2O3/c1-2-21-16(20)12-5-3-9-17(11-12)15(19)14-6-4-10-18(14)13-7-8-13/h4,6,10,12-13H,2-3,5,7-9,11H2,1H3. The van der Waals surface area contributed by atoms with Gasteiger partial charge in [0.1, 0.15) is 5.69 Å². The van der Waals surface area contributed by atoms with E-state index in [-0.39, 0.29) is 17.8 Å². The van der Waals surface area contributed by atoms with E-state index in [0.29, 0.717) is 19.2 Å². The van der Waals surface area contributed by atoms with Crippen LogP contribution in [0.25, 0.3) is 0 Å². The van der Waals surface area contributed by atoms with Crippen LogP contribution in [0.15, 0.2) is 18.3 Å². The van der Waals surface area contributed by atoms with Gasteiger partial charge in [-0.1, -0.05) is 0 Å². The fourth-order valence-corrected chi connectivity index (χ4v) is 3.02. The topological polar surface area (TPSA) is 51.5 Å². The molecule has 1 unspecified atom stereocenters. The molecule has 2 fully saturated rings. The number of hydrogen-bond donors (Lipinski definition) is 0. The molecule has 1 aliphatic carbocycles. The van der Waals surface area contributed by atoms with Crippen LogP contribution in [0.1, 0.15) is 49.1 Å². The Bertz CT molecular complexity index is 533. The molecule has 5 nitrogen and oxygen atoms in total. The van der Waals surface area contributed by atoms with Crippen LogP contribution >= 0.6 is 0 Å². The van der Waals surface area contributed by atoms with Crippen LogP contribution in [0.4, 0.5) is 0 Å². The summed E-state index contributed by atoms with van der Waals surface area (Å²) in [6.07, 6.45) is 5.96. The number of piperidine rings is 1. The molecular formula is C16H22N2O3. The third-order valence-corrected chi connectivity index (χ3v) is 4.27. The van der Waals surface area contributed by atoms with E-state index < -0.39 is 0 Å². The molecule has 1 saturated heterocycles. The van der Waals surface area contributed by atoms with Crippen molar-refractivity contribution in [2.45, 2.75) is 38.6 Å². The third kappa shape index (κ3) is 2.96. The number of rotatable bonds is 4. The minimum Gasteiger partial charge on any atom is -0.466 e. The Morgan fingerprint density at radius 2 is 2.14 bits per heavy atom. The molecule has 5 heteroatoms. The summed E-state index contributed by atoms with van der Waals surface area (Å²) >= 11 is 0. The number of nitrogens with zero attached hydrogens (tertiary/aromatic N) is 2. The first kappa shape index (κ1) is 14.2. The zero-order chi connectivity index (χ0) is 14.8. The van der Waals surface area contributed by atoms with E-state index in [9.17, 15) is 9.59 Å². The predicted octanol–water partition coefficient (Wildman–Crippen LogP) is 2.24. The van der Waals surface area contributed by atoms with E-state index in [1.165, 1.54) is 0 Å². The van der Waals surface area contributed by atoms with E-state index in [1.807, 2.05) is 25.3 Å². The van der Waals surface area contributed by atoms with Gasteiger partial charge in [0.2, 0.25) is 0 Å². The molecule has 0 N–H and O–H groups in total. The van der Waals surface area contributed by atoms with Crippen molar-refractivity contribution < 1.29 is 14.3 Å². The summed E-state index contributed by atoms with van der Waals surface area (Å²) in [7, 11) is 0. The fourth-order valence-electron chi connectivity index (χ4n) is 3.02. The monoisotopic (exact) mass is 290 g/mol. The van der Waals surface area contributed by atoms with Gasteiger partial charge in [0.25, 0.3) is 5.91 Å². The van der Waals surface area contributed by atoms with Gasteiger partial charge in [-0.25, -0.2) is 0 Å². The highest BCUT2D eigenvalue weighted by molar-refractivity contribution is 5.93. The average molecular weight is 290 g/mol. The van der Waals surface area contributed by atoms with E-state index in [0.717, 1.165) is 37.9 Å². The maximum atomic E-state index is 12.7. The summed E-state index contributed by atoms with van der Waals surface area (Å²) in [6.45, 7) is 3.41. The minimum atomic E-state index is -0.174. The molecule has 1 atom stereocenters. The number of hydrogen-bond acceptors (Lipinski definition) is 3. The number of esters is 1. The summed E-state index contributed by atoms with van der Waals surface area (Å²) < 4.78 is 7.17. The quantitative estimate of drug-likeness (QED) is 0.799. The summed E-state index contributed by atoms with van der Waals surface area (Å²) in [6, 6.07) is 4.30. The number of carbonyl (C=O) groups is 2. The lowest BCUT2D eigenvalue weighted by Gasteiger charge is -2.31. The molecule has 1 aromatic heterocycles.